The number of aromatic amines is 1. The fourth-order valence-electron chi connectivity index (χ4n) is 2.05. The third kappa shape index (κ3) is 4.08. The molecule has 0 radical (unpaired) electrons. The minimum atomic E-state index is -0.0326. The Morgan fingerprint density at radius 2 is 2.30 bits per heavy atom. The van der Waals surface area contributed by atoms with Crippen LogP contribution in [0, 0.1) is 4.77 Å². The van der Waals surface area contributed by atoms with E-state index in [4.69, 9.17) is 23.8 Å². The lowest BCUT2D eigenvalue weighted by Gasteiger charge is -2.06. The van der Waals surface area contributed by atoms with Gasteiger partial charge >= 0.3 is 0 Å². The second kappa shape index (κ2) is 7.39. The van der Waals surface area contributed by atoms with Crippen LogP contribution in [0.15, 0.2) is 29.6 Å². The average Bonchev–Trinajstić information content (AvgIpc) is 3.24. The van der Waals surface area contributed by atoms with E-state index in [9.17, 15) is 4.79 Å². The predicted octanol–water partition coefficient (Wildman–Crippen LogP) is 4.09. The minimum absolute atomic E-state index is 0.0326. The maximum absolute atomic E-state index is 12.0. The first-order chi connectivity index (χ1) is 11.1. The summed E-state index contributed by atoms with van der Waals surface area (Å²) < 4.78 is 3.09. The number of nitrogens with zero attached hydrogens (tertiary/aromatic N) is 2. The highest BCUT2D eigenvalue weighted by atomic mass is 35.5. The van der Waals surface area contributed by atoms with Gasteiger partial charge in [-0.3, -0.25) is 14.5 Å². The molecule has 0 bridgehead atoms. The van der Waals surface area contributed by atoms with Gasteiger partial charge in [0.2, 0.25) is 5.91 Å². The van der Waals surface area contributed by atoms with Gasteiger partial charge in [0, 0.05) is 17.8 Å². The van der Waals surface area contributed by atoms with Gasteiger partial charge in [0.15, 0.2) is 10.6 Å². The van der Waals surface area contributed by atoms with Crippen molar-refractivity contribution in [3.63, 3.8) is 0 Å². The summed E-state index contributed by atoms with van der Waals surface area (Å²) in [6, 6.07) is 7.67. The zero-order valence-corrected chi connectivity index (χ0v) is 15.1. The minimum Gasteiger partial charge on any atom is -0.351 e. The van der Waals surface area contributed by atoms with E-state index in [-0.39, 0.29) is 5.91 Å². The average molecular weight is 385 g/mol. The van der Waals surface area contributed by atoms with Crippen LogP contribution >= 0.6 is 46.5 Å². The fourth-order valence-corrected chi connectivity index (χ4v) is 4.03. The molecule has 1 amide bonds. The van der Waals surface area contributed by atoms with Crippen molar-refractivity contribution >= 4 is 52.4 Å². The third-order valence-electron chi connectivity index (χ3n) is 3.15. The molecule has 3 aromatic heterocycles. The number of carbonyl (C=O) groups is 1. The molecule has 0 atom stereocenters. The molecule has 0 unspecified atom stereocenters. The van der Waals surface area contributed by atoms with Crippen molar-refractivity contribution in [2.75, 3.05) is 0 Å². The van der Waals surface area contributed by atoms with E-state index in [1.54, 1.807) is 11.3 Å². The fraction of sp³-hybridized carbons (Fsp3) is 0.214. The molecule has 3 aromatic rings. The quantitative estimate of drug-likeness (QED) is 0.629. The number of H-pyrrole nitrogens is 1. The Labute approximate surface area is 150 Å². The lowest BCUT2D eigenvalue weighted by molar-refractivity contribution is -0.121. The van der Waals surface area contributed by atoms with Gasteiger partial charge in [-0.1, -0.05) is 17.7 Å². The summed E-state index contributed by atoms with van der Waals surface area (Å²) in [4.78, 5) is 14.1. The highest BCUT2D eigenvalue weighted by molar-refractivity contribution is 7.71. The number of carbonyl (C=O) groups excluding carboxylic acids is 1. The van der Waals surface area contributed by atoms with Crippen LogP contribution in [0.2, 0.25) is 4.34 Å². The number of aromatic nitrogens is 3. The molecule has 0 aliphatic heterocycles. The molecule has 3 rings (SSSR count). The van der Waals surface area contributed by atoms with E-state index in [2.05, 4.69) is 15.5 Å². The van der Waals surface area contributed by atoms with Crippen molar-refractivity contribution in [3.8, 4) is 10.7 Å². The zero-order chi connectivity index (χ0) is 16.2. The Morgan fingerprint density at radius 3 is 3.00 bits per heavy atom. The number of amides is 1. The number of hydrogen-bond donors (Lipinski definition) is 2. The predicted molar refractivity (Wildman–Crippen MR) is 96.5 cm³/mol. The van der Waals surface area contributed by atoms with Crippen molar-refractivity contribution in [1.82, 2.24) is 20.1 Å². The molecule has 0 aliphatic carbocycles. The van der Waals surface area contributed by atoms with Gasteiger partial charge in [0.25, 0.3) is 0 Å². The van der Waals surface area contributed by atoms with Crippen LogP contribution in [0.3, 0.4) is 0 Å². The van der Waals surface area contributed by atoms with Gasteiger partial charge in [-0.25, -0.2) is 0 Å². The van der Waals surface area contributed by atoms with Crippen molar-refractivity contribution in [2.45, 2.75) is 19.5 Å². The van der Waals surface area contributed by atoms with Gasteiger partial charge in [0.05, 0.1) is 15.8 Å². The summed E-state index contributed by atoms with van der Waals surface area (Å²) in [6.07, 6.45) is 0.339. The largest absolute Gasteiger partial charge is 0.351 e. The maximum atomic E-state index is 12.0. The van der Waals surface area contributed by atoms with E-state index >= 15 is 0 Å². The van der Waals surface area contributed by atoms with Gasteiger partial charge in [-0.15, -0.1) is 22.7 Å². The van der Waals surface area contributed by atoms with E-state index in [1.807, 2.05) is 34.2 Å². The summed E-state index contributed by atoms with van der Waals surface area (Å²) in [5.74, 6) is 0.734. The van der Waals surface area contributed by atoms with E-state index in [0.717, 1.165) is 19.9 Å². The zero-order valence-electron chi connectivity index (χ0n) is 11.9. The first-order valence-corrected chi connectivity index (χ1v) is 9.32. The van der Waals surface area contributed by atoms with Crippen LogP contribution in [0.25, 0.3) is 10.7 Å². The number of rotatable bonds is 6. The highest BCUT2D eigenvalue weighted by Crippen LogP contribution is 2.23. The van der Waals surface area contributed by atoms with Crippen LogP contribution in [-0.4, -0.2) is 20.7 Å². The topological polar surface area (TPSA) is 62.7 Å². The highest BCUT2D eigenvalue weighted by Gasteiger charge is 2.11. The van der Waals surface area contributed by atoms with Gasteiger partial charge in [0.1, 0.15) is 0 Å². The molecule has 120 valence electrons. The Morgan fingerprint density at radius 1 is 1.43 bits per heavy atom. The Kier molecular flexibility index (Phi) is 5.27. The first-order valence-electron chi connectivity index (χ1n) is 6.83. The summed E-state index contributed by atoms with van der Waals surface area (Å²) in [5, 5.41) is 11.9. The molecule has 0 spiro atoms. The smallest absolute Gasteiger partial charge is 0.222 e. The number of thiophene rings is 2. The van der Waals surface area contributed by atoms with Gasteiger partial charge < -0.3 is 5.32 Å². The molecule has 0 saturated carbocycles. The van der Waals surface area contributed by atoms with E-state index in [1.165, 1.54) is 11.3 Å². The second-order valence-electron chi connectivity index (χ2n) is 4.71. The van der Waals surface area contributed by atoms with Crippen LogP contribution < -0.4 is 5.32 Å². The molecular formula is C14H13ClN4OS3. The molecule has 9 heteroatoms. The van der Waals surface area contributed by atoms with Crippen LogP contribution in [-0.2, 0) is 17.9 Å². The van der Waals surface area contributed by atoms with Gasteiger partial charge in [-0.2, -0.15) is 5.10 Å². The number of halogens is 1. The van der Waals surface area contributed by atoms with Crippen molar-refractivity contribution in [1.29, 1.82) is 0 Å². The summed E-state index contributed by atoms with van der Waals surface area (Å²) in [6.45, 7) is 0.977. The normalized spacial score (nSPS) is 10.8. The Bertz CT molecular complexity index is 850. The molecule has 5 nitrogen and oxygen atoms in total. The van der Waals surface area contributed by atoms with Crippen LogP contribution in [0.5, 0.6) is 0 Å². The van der Waals surface area contributed by atoms with Crippen LogP contribution in [0.4, 0.5) is 0 Å². The molecule has 2 N–H and O–H groups in total. The van der Waals surface area contributed by atoms with Crippen molar-refractivity contribution in [3.05, 3.63) is 43.6 Å². The van der Waals surface area contributed by atoms with E-state index < -0.39 is 0 Å². The third-order valence-corrected chi connectivity index (χ3v) is 5.56. The molecule has 0 aliphatic rings. The van der Waals surface area contributed by atoms with E-state index in [0.29, 0.717) is 24.3 Å². The molecule has 23 heavy (non-hydrogen) atoms. The SMILES string of the molecule is O=C(CCn1c(-c2cccs2)n[nH]c1=S)NCc1ccc(Cl)s1. The molecule has 0 saturated heterocycles. The number of hydrogen-bond acceptors (Lipinski definition) is 5. The summed E-state index contributed by atoms with van der Waals surface area (Å²) in [5.41, 5.74) is 0. The Hall–Kier alpha value is -1.48. The summed E-state index contributed by atoms with van der Waals surface area (Å²) >= 11 is 14.2. The standard InChI is InChI=1S/C14H13ClN4OS3/c15-11-4-3-9(23-11)8-16-12(20)5-6-19-13(17-18-14(19)21)10-2-1-7-22-10/h1-4,7H,5-6,8H2,(H,16,20)(H,18,21). The maximum Gasteiger partial charge on any atom is 0.222 e. The molecule has 0 fully saturated rings. The monoisotopic (exact) mass is 384 g/mol. The van der Waals surface area contributed by atoms with Crippen molar-refractivity contribution < 1.29 is 4.79 Å². The summed E-state index contributed by atoms with van der Waals surface area (Å²) in [7, 11) is 0. The van der Waals surface area contributed by atoms with Crippen LogP contribution in [0.1, 0.15) is 11.3 Å². The molecule has 3 heterocycles. The first kappa shape index (κ1) is 16.4. The lowest BCUT2D eigenvalue weighted by Crippen LogP contribution is -2.23. The second-order valence-corrected chi connectivity index (χ2v) is 7.85. The van der Waals surface area contributed by atoms with Gasteiger partial charge in [-0.05, 0) is 35.8 Å². The lowest BCUT2D eigenvalue weighted by atomic mass is 10.3. The molecule has 0 aromatic carbocycles. The van der Waals surface area contributed by atoms with Crippen molar-refractivity contribution in [2.24, 2.45) is 0 Å². The Balaban J connectivity index is 1.59. The number of nitrogens with one attached hydrogen (secondary N) is 2. The molecular weight excluding hydrogens is 372 g/mol.